The number of benzene rings is 2. The van der Waals surface area contributed by atoms with Crippen LogP contribution in [-0.4, -0.2) is 42.7 Å². The van der Waals surface area contributed by atoms with E-state index in [-0.39, 0.29) is 16.0 Å². The largest absolute Gasteiger partial charge is 0.311 e. The number of carbonyl (C=O) groups excluding carboxylic acids is 2. The number of sulfonamides is 1. The molecule has 2 aromatic carbocycles. The number of hydrogen-bond acceptors (Lipinski definition) is 5. The number of pyridine rings is 1. The van der Waals surface area contributed by atoms with Crippen LogP contribution in [0.25, 0.3) is 10.9 Å². The minimum absolute atomic E-state index is 0.0593. The number of nitrogens with zero attached hydrogens (tertiary/aromatic N) is 2. The number of nitrogens with one attached hydrogen (secondary N) is 2. The summed E-state index contributed by atoms with van der Waals surface area (Å²) >= 11 is 0. The second kappa shape index (κ2) is 8.70. The van der Waals surface area contributed by atoms with Crippen molar-refractivity contribution in [3.63, 3.8) is 0 Å². The summed E-state index contributed by atoms with van der Waals surface area (Å²) in [5.41, 5.74) is 5.62. The zero-order valence-corrected chi connectivity index (χ0v) is 18.1. The Morgan fingerprint density at radius 1 is 1.03 bits per heavy atom. The molecule has 0 aliphatic rings. The van der Waals surface area contributed by atoms with Crippen molar-refractivity contribution in [3.8, 4) is 0 Å². The van der Waals surface area contributed by atoms with Crippen LogP contribution >= 0.6 is 0 Å². The number of aromatic nitrogens is 1. The third-order valence-electron chi connectivity index (χ3n) is 4.81. The van der Waals surface area contributed by atoms with Gasteiger partial charge < -0.3 is 4.57 Å². The number of aryl methyl sites for hydroxylation is 2. The molecule has 31 heavy (non-hydrogen) atoms. The number of hydrogen-bond donors (Lipinski definition) is 2. The highest BCUT2D eigenvalue weighted by Crippen LogP contribution is 2.16. The highest BCUT2D eigenvalue weighted by Gasteiger charge is 2.23. The van der Waals surface area contributed by atoms with Crippen LogP contribution in [0.3, 0.4) is 0 Å². The summed E-state index contributed by atoms with van der Waals surface area (Å²) in [6.45, 7) is 1.33. The third kappa shape index (κ3) is 4.65. The summed E-state index contributed by atoms with van der Waals surface area (Å²) in [6, 6.07) is 14.3. The molecular formula is C21H22N4O5S. The van der Waals surface area contributed by atoms with Gasteiger partial charge in [-0.3, -0.25) is 25.2 Å². The highest BCUT2D eigenvalue weighted by atomic mass is 32.2. The number of hydrazine groups is 1. The lowest BCUT2D eigenvalue weighted by molar-refractivity contribution is -0.121. The summed E-state index contributed by atoms with van der Waals surface area (Å²) in [5.74, 6) is -1.43. The Morgan fingerprint density at radius 3 is 2.35 bits per heavy atom. The van der Waals surface area contributed by atoms with Crippen LogP contribution in [0.4, 0.5) is 0 Å². The van der Waals surface area contributed by atoms with Gasteiger partial charge in [-0.1, -0.05) is 35.9 Å². The summed E-state index contributed by atoms with van der Waals surface area (Å²) < 4.78 is 27.4. The Kier molecular flexibility index (Phi) is 6.23. The Balaban J connectivity index is 1.69. The van der Waals surface area contributed by atoms with Gasteiger partial charge in [0.15, 0.2) is 0 Å². The van der Waals surface area contributed by atoms with E-state index in [1.54, 1.807) is 43.4 Å². The van der Waals surface area contributed by atoms with Crippen molar-refractivity contribution < 1.29 is 18.0 Å². The van der Waals surface area contributed by atoms with Crippen LogP contribution in [-0.2, 0) is 21.9 Å². The van der Waals surface area contributed by atoms with Crippen LogP contribution in [0.15, 0.2) is 64.3 Å². The average molecular weight is 442 g/mol. The van der Waals surface area contributed by atoms with Crippen LogP contribution < -0.4 is 16.4 Å². The van der Waals surface area contributed by atoms with E-state index in [0.29, 0.717) is 10.9 Å². The SMILES string of the molecule is Cc1ccc(S(=O)(=O)N(C)CC(=O)NNC(=O)c2cc(=O)n(C)c3ccccc23)cc1. The number of rotatable bonds is 5. The molecule has 0 saturated carbocycles. The standard InChI is InChI=1S/C21H22N4O5S/c1-14-8-10-15(11-9-14)31(29,30)24(2)13-19(26)22-23-21(28)17-12-20(27)25(3)18-7-5-4-6-16(17)18/h4-12H,13H2,1-3H3,(H,22,26)(H,23,28). The highest BCUT2D eigenvalue weighted by molar-refractivity contribution is 7.89. The molecule has 0 fully saturated rings. The number of carbonyl (C=O) groups is 2. The molecule has 0 bridgehead atoms. The van der Waals surface area contributed by atoms with Crippen molar-refractivity contribution >= 4 is 32.7 Å². The molecule has 162 valence electrons. The van der Waals surface area contributed by atoms with E-state index in [1.807, 2.05) is 6.92 Å². The molecule has 1 heterocycles. The first-order valence-corrected chi connectivity index (χ1v) is 10.8. The van der Waals surface area contributed by atoms with Crippen molar-refractivity contribution in [2.75, 3.05) is 13.6 Å². The zero-order chi connectivity index (χ0) is 22.8. The van der Waals surface area contributed by atoms with Crippen molar-refractivity contribution in [3.05, 3.63) is 76.1 Å². The Labute approximate surface area is 179 Å². The van der Waals surface area contributed by atoms with Gasteiger partial charge in [-0.2, -0.15) is 4.31 Å². The molecule has 0 unspecified atom stereocenters. The summed E-state index contributed by atoms with van der Waals surface area (Å²) in [4.78, 5) is 37.0. The molecule has 2 amide bonds. The molecule has 0 saturated heterocycles. The maximum Gasteiger partial charge on any atom is 0.270 e. The van der Waals surface area contributed by atoms with E-state index in [0.717, 1.165) is 9.87 Å². The Morgan fingerprint density at radius 2 is 1.68 bits per heavy atom. The van der Waals surface area contributed by atoms with Crippen LogP contribution in [0.1, 0.15) is 15.9 Å². The minimum atomic E-state index is -3.87. The molecule has 0 radical (unpaired) electrons. The normalized spacial score (nSPS) is 11.5. The van der Waals surface area contributed by atoms with E-state index in [1.165, 1.54) is 29.8 Å². The van der Waals surface area contributed by atoms with E-state index < -0.39 is 28.4 Å². The molecule has 0 aliphatic carbocycles. The first-order chi connectivity index (χ1) is 14.6. The van der Waals surface area contributed by atoms with Gasteiger partial charge >= 0.3 is 0 Å². The van der Waals surface area contributed by atoms with Gasteiger partial charge in [-0.05, 0) is 25.1 Å². The molecule has 0 spiro atoms. The minimum Gasteiger partial charge on any atom is -0.311 e. The lowest BCUT2D eigenvalue weighted by Crippen LogP contribution is -2.47. The molecular weight excluding hydrogens is 420 g/mol. The summed E-state index contributed by atoms with van der Waals surface area (Å²) in [7, 11) is -1.00. The van der Waals surface area contributed by atoms with Gasteiger partial charge in [0.25, 0.3) is 17.4 Å². The summed E-state index contributed by atoms with van der Waals surface area (Å²) in [6.07, 6.45) is 0. The maximum absolute atomic E-state index is 12.6. The molecule has 1 aromatic heterocycles. The van der Waals surface area contributed by atoms with E-state index in [2.05, 4.69) is 10.9 Å². The Hall–Kier alpha value is -3.50. The third-order valence-corrected chi connectivity index (χ3v) is 6.63. The van der Waals surface area contributed by atoms with Crippen LogP contribution in [0, 0.1) is 6.92 Å². The van der Waals surface area contributed by atoms with Crippen molar-refractivity contribution in [1.82, 2.24) is 19.7 Å². The fourth-order valence-electron chi connectivity index (χ4n) is 3.01. The van der Waals surface area contributed by atoms with Crippen molar-refractivity contribution in [2.24, 2.45) is 7.05 Å². The van der Waals surface area contributed by atoms with Crippen LogP contribution in [0.2, 0.25) is 0 Å². The number of amides is 2. The fraction of sp³-hybridized carbons (Fsp3) is 0.190. The number of para-hydroxylation sites is 1. The Bertz CT molecular complexity index is 1310. The molecule has 0 atom stereocenters. The fourth-order valence-corrected chi connectivity index (χ4v) is 4.14. The average Bonchev–Trinajstić information content (AvgIpc) is 2.74. The monoisotopic (exact) mass is 442 g/mol. The molecule has 10 heteroatoms. The van der Waals surface area contributed by atoms with Gasteiger partial charge in [0, 0.05) is 25.5 Å². The maximum atomic E-state index is 12.6. The summed E-state index contributed by atoms with van der Waals surface area (Å²) in [5, 5.41) is 0.537. The van der Waals surface area contributed by atoms with Crippen molar-refractivity contribution in [1.29, 1.82) is 0 Å². The van der Waals surface area contributed by atoms with Gasteiger partial charge in [-0.15, -0.1) is 0 Å². The second-order valence-corrected chi connectivity index (χ2v) is 9.09. The van der Waals surface area contributed by atoms with E-state index in [4.69, 9.17) is 0 Å². The predicted octanol–water partition coefficient (Wildman–Crippen LogP) is 0.929. The van der Waals surface area contributed by atoms with Gasteiger partial charge in [-0.25, -0.2) is 8.42 Å². The van der Waals surface area contributed by atoms with Gasteiger partial charge in [0.1, 0.15) is 0 Å². The van der Waals surface area contributed by atoms with E-state index >= 15 is 0 Å². The van der Waals surface area contributed by atoms with Crippen LogP contribution in [0.5, 0.6) is 0 Å². The first kappa shape index (κ1) is 22.2. The van der Waals surface area contributed by atoms with Crippen molar-refractivity contribution in [2.45, 2.75) is 11.8 Å². The quantitative estimate of drug-likeness (QED) is 0.570. The number of likely N-dealkylation sites (N-methyl/N-ethyl adjacent to an activating group) is 1. The topological polar surface area (TPSA) is 118 Å². The molecule has 9 nitrogen and oxygen atoms in total. The predicted molar refractivity (Wildman–Crippen MR) is 116 cm³/mol. The molecule has 3 rings (SSSR count). The van der Waals surface area contributed by atoms with Gasteiger partial charge in [0.05, 0.1) is 22.5 Å². The molecule has 2 N–H and O–H groups in total. The van der Waals surface area contributed by atoms with E-state index in [9.17, 15) is 22.8 Å². The first-order valence-electron chi connectivity index (χ1n) is 9.32. The molecule has 0 aliphatic heterocycles. The number of fused-ring (bicyclic) bond motifs is 1. The van der Waals surface area contributed by atoms with Gasteiger partial charge in [0.2, 0.25) is 10.0 Å². The zero-order valence-electron chi connectivity index (χ0n) is 17.2. The lowest BCUT2D eigenvalue weighted by atomic mass is 10.1. The second-order valence-electron chi connectivity index (χ2n) is 7.05. The smallest absolute Gasteiger partial charge is 0.270 e. The lowest BCUT2D eigenvalue weighted by Gasteiger charge is -2.17. The molecule has 3 aromatic rings.